The third-order valence-electron chi connectivity index (χ3n) is 4.29. The van der Waals surface area contributed by atoms with Crippen molar-refractivity contribution in [1.29, 1.82) is 0 Å². The second kappa shape index (κ2) is 5.02. The molecule has 1 aromatic rings. The summed E-state index contributed by atoms with van der Waals surface area (Å²) in [6, 6.07) is 0. The Morgan fingerprint density at radius 3 is 2.35 bits per heavy atom. The minimum absolute atomic E-state index is 0.682. The van der Waals surface area contributed by atoms with Gasteiger partial charge in [0.25, 0.3) is 0 Å². The highest BCUT2D eigenvalue weighted by molar-refractivity contribution is 7.13. The fraction of sp³-hybridized carbons (Fsp3) is 0.733. The topological polar surface area (TPSA) is 53.4 Å². The highest BCUT2D eigenvalue weighted by Gasteiger charge is 2.34. The molecule has 2 aliphatic carbocycles. The molecule has 1 aromatic heterocycles. The summed E-state index contributed by atoms with van der Waals surface area (Å²) in [6.07, 6.45) is 5.33. The second-order valence-electron chi connectivity index (χ2n) is 6.74. The Labute approximate surface area is 123 Å². The van der Waals surface area contributed by atoms with Crippen molar-refractivity contribution < 1.29 is 9.90 Å². The third-order valence-corrected chi connectivity index (χ3v) is 5.19. The van der Waals surface area contributed by atoms with Crippen LogP contribution >= 0.6 is 11.3 Å². The summed E-state index contributed by atoms with van der Waals surface area (Å²) in [6.45, 7) is 5.63. The van der Waals surface area contributed by atoms with E-state index in [0.29, 0.717) is 5.69 Å². The van der Waals surface area contributed by atoms with Gasteiger partial charge in [-0.2, -0.15) is 0 Å². The van der Waals surface area contributed by atoms with Crippen LogP contribution in [0, 0.1) is 11.8 Å². The number of thiazole rings is 1. The number of rotatable bonds is 7. The van der Waals surface area contributed by atoms with E-state index < -0.39 is 11.4 Å². The third kappa shape index (κ3) is 2.97. The lowest BCUT2D eigenvalue weighted by molar-refractivity contribution is -0.142. The van der Waals surface area contributed by atoms with E-state index in [1.165, 1.54) is 25.7 Å². The summed E-state index contributed by atoms with van der Waals surface area (Å²) < 4.78 is 0. The monoisotopic (exact) mass is 294 g/mol. The molecular weight excluding hydrogens is 272 g/mol. The maximum Gasteiger partial charge on any atom is 0.315 e. The van der Waals surface area contributed by atoms with E-state index in [1.807, 2.05) is 5.38 Å². The SMILES string of the molecule is CC(C)(C(=O)O)c1csc(N(CC2CC2)CC2CC2)n1. The van der Waals surface area contributed by atoms with Crippen molar-refractivity contribution in [3.63, 3.8) is 0 Å². The van der Waals surface area contributed by atoms with Crippen LogP contribution in [0.1, 0.15) is 45.2 Å². The molecule has 3 rings (SSSR count). The molecule has 0 spiro atoms. The highest BCUT2D eigenvalue weighted by Crippen LogP contribution is 2.37. The van der Waals surface area contributed by atoms with Gasteiger partial charge in [-0.15, -0.1) is 11.3 Å². The van der Waals surface area contributed by atoms with Gasteiger partial charge < -0.3 is 10.0 Å². The highest BCUT2D eigenvalue weighted by atomic mass is 32.1. The fourth-order valence-corrected chi connectivity index (χ4v) is 3.27. The van der Waals surface area contributed by atoms with Gasteiger partial charge in [0.1, 0.15) is 5.41 Å². The summed E-state index contributed by atoms with van der Waals surface area (Å²) in [7, 11) is 0. The number of carbonyl (C=O) groups is 1. The van der Waals surface area contributed by atoms with Crippen LogP contribution in [0.25, 0.3) is 0 Å². The van der Waals surface area contributed by atoms with Crippen LogP contribution < -0.4 is 4.90 Å². The van der Waals surface area contributed by atoms with Crippen LogP contribution in [-0.4, -0.2) is 29.1 Å². The van der Waals surface area contributed by atoms with Crippen LogP contribution in [0.3, 0.4) is 0 Å². The zero-order valence-electron chi connectivity index (χ0n) is 12.1. The van der Waals surface area contributed by atoms with Crippen LogP contribution in [0.15, 0.2) is 5.38 Å². The predicted octanol–water partition coefficient (Wildman–Crippen LogP) is 3.13. The lowest BCUT2D eigenvalue weighted by atomic mass is 9.90. The molecule has 110 valence electrons. The first kappa shape index (κ1) is 13.9. The van der Waals surface area contributed by atoms with Gasteiger partial charge in [0, 0.05) is 18.5 Å². The number of nitrogens with zero attached hydrogens (tertiary/aromatic N) is 2. The van der Waals surface area contributed by atoms with Gasteiger partial charge in [-0.1, -0.05) is 0 Å². The van der Waals surface area contributed by atoms with Gasteiger partial charge in [-0.05, 0) is 51.4 Å². The average Bonchev–Trinajstić information content (AvgIpc) is 3.31. The van der Waals surface area contributed by atoms with E-state index in [4.69, 9.17) is 0 Å². The van der Waals surface area contributed by atoms with Crippen molar-refractivity contribution in [3.05, 3.63) is 11.1 Å². The molecule has 0 radical (unpaired) electrons. The molecule has 1 heterocycles. The Morgan fingerprint density at radius 2 is 1.90 bits per heavy atom. The van der Waals surface area contributed by atoms with Crippen LogP contribution in [0.4, 0.5) is 5.13 Å². The van der Waals surface area contributed by atoms with Gasteiger partial charge in [0.05, 0.1) is 5.69 Å². The molecule has 0 amide bonds. The molecule has 0 bridgehead atoms. The molecule has 0 unspecified atom stereocenters. The van der Waals surface area contributed by atoms with Crippen molar-refractivity contribution in [1.82, 2.24) is 4.98 Å². The van der Waals surface area contributed by atoms with Crippen molar-refractivity contribution in [2.75, 3.05) is 18.0 Å². The van der Waals surface area contributed by atoms with E-state index in [2.05, 4.69) is 9.88 Å². The zero-order chi connectivity index (χ0) is 14.3. The standard InChI is InChI=1S/C15H22N2O2S/c1-15(2,13(18)19)12-9-20-14(16-12)17(7-10-3-4-10)8-11-5-6-11/h9-11H,3-8H2,1-2H3,(H,18,19). The summed E-state index contributed by atoms with van der Waals surface area (Å²) in [5, 5.41) is 12.2. The normalized spacial score (nSPS) is 19.1. The summed E-state index contributed by atoms with van der Waals surface area (Å²) >= 11 is 1.59. The number of carboxylic acid groups (broad SMARTS) is 1. The van der Waals surface area contributed by atoms with Crippen LogP contribution in [0.2, 0.25) is 0 Å². The Hall–Kier alpha value is -1.10. The Kier molecular flexibility index (Phi) is 3.48. The molecule has 20 heavy (non-hydrogen) atoms. The molecule has 0 saturated heterocycles. The zero-order valence-corrected chi connectivity index (χ0v) is 12.9. The largest absolute Gasteiger partial charge is 0.481 e. The molecule has 0 atom stereocenters. The van der Waals surface area contributed by atoms with Gasteiger partial charge in [-0.25, -0.2) is 4.98 Å². The van der Waals surface area contributed by atoms with E-state index in [-0.39, 0.29) is 0 Å². The molecule has 4 nitrogen and oxygen atoms in total. The molecule has 5 heteroatoms. The van der Waals surface area contributed by atoms with Gasteiger partial charge in [-0.3, -0.25) is 4.79 Å². The summed E-state index contributed by atoms with van der Waals surface area (Å²) in [5.41, 5.74) is -0.221. The van der Waals surface area contributed by atoms with E-state index in [0.717, 1.165) is 30.1 Å². The number of aromatic nitrogens is 1. The minimum atomic E-state index is -0.903. The van der Waals surface area contributed by atoms with Crippen molar-refractivity contribution in [3.8, 4) is 0 Å². The molecule has 1 N–H and O–H groups in total. The first-order valence-electron chi connectivity index (χ1n) is 7.41. The molecule has 2 aliphatic rings. The number of aliphatic carboxylic acids is 1. The maximum atomic E-state index is 11.3. The van der Waals surface area contributed by atoms with Crippen molar-refractivity contribution >= 4 is 22.4 Å². The minimum Gasteiger partial charge on any atom is -0.481 e. The second-order valence-corrected chi connectivity index (χ2v) is 7.57. The first-order valence-corrected chi connectivity index (χ1v) is 8.29. The van der Waals surface area contributed by atoms with Gasteiger partial charge >= 0.3 is 5.97 Å². The Balaban J connectivity index is 1.76. The van der Waals surface area contributed by atoms with Crippen LogP contribution in [-0.2, 0) is 10.2 Å². The van der Waals surface area contributed by atoms with E-state index >= 15 is 0 Å². The molecular formula is C15H22N2O2S. The maximum absolute atomic E-state index is 11.3. The summed E-state index contributed by atoms with van der Waals surface area (Å²) in [5.74, 6) is 0.840. The molecule has 0 aliphatic heterocycles. The Morgan fingerprint density at radius 1 is 1.35 bits per heavy atom. The fourth-order valence-electron chi connectivity index (χ4n) is 2.26. The summed E-state index contributed by atoms with van der Waals surface area (Å²) in [4.78, 5) is 18.3. The van der Waals surface area contributed by atoms with E-state index in [1.54, 1.807) is 25.2 Å². The van der Waals surface area contributed by atoms with Crippen molar-refractivity contribution in [2.24, 2.45) is 11.8 Å². The molecule has 0 aromatic carbocycles. The average molecular weight is 294 g/mol. The number of hydrogen-bond acceptors (Lipinski definition) is 4. The lowest BCUT2D eigenvalue weighted by Gasteiger charge is -2.22. The Bertz CT molecular complexity index is 490. The van der Waals surface area contributed by atoms with Crippen molar-refractivity contribution in [2.45, 2.75) is 44.9 Å². The van der Waals surface area contributed by atoms with E-state index in [9.17, 15) is 9.90 Å². The van der Waals surface area contributed by atoms with Gasteiger partial charge in [0.2, 0.25) is 0 Å². The molecule has 2 saturated carbocycles. The van der Waals surface area contributed by atoms with Crippen LogP contribution in [0.5, 0.6) is 0 Å². The molecule has 2 fully saturated rings. The predicted molar refractivity (Wildman–Crippen MR) is 80.4 cm³/mol. The quantitative estimate of drug-likeness (QED) is 0.839. The van der Waals surface area contributed by atoms with Gasteiger partial charge in [0.15, 0.2) is 5.13 Å². The lowest BCUT2D eigenvalue weighted by Crippen LogP contribution is -2.30. The number of anilines is 1. The number of carboxylic acids is 1. The number of hydrogen-bond donors (Lipinski definition) is 1. The smallest absolute Gasteiger partial charge is 0.315 e. The first-order chi connectivity index (χ1) is 9.46.